The van der Waals surface area contributed by atoms with Crippen molar-refractivity contribution in [3.8, 4) is 23.0 Å². The van der Waals surface area contributed by atoms with Gasteiger partial charge in [0, 0.05) is 24.4 Å². The summed E-state index contributed by atoms with van der Waals surface area (Å²) in [7, 11) is 1.52. The lowest BCUT2D eigenvalue weighted by molar-refractivity contribution is -0.138. The van der Waals surface area contributed by atoms with Crippen LogP contribution >= 0.6 is 0 Å². The van der Waals surface area contributed by atoms with Crippen LogP contribution in [0.2, 0.25) is 0 Å². The first-order chi connectivity index (χ1) is 21.9. The van der Waals surface area contributed by atoms with Crippen molar-refractivity contribution in [2.24, 2.45) is 4.99 Å². The number of hydrogen-bond donors (Lipinski definition) is 0. The topological polar surface area (TPSA) is 119 Å². The van der Waals surface area contributed by atoms with Gasteiger partial charge in [0.1, 0.15) is 28.7 Å². The molecule has 0 amide bonds. The Balaban J connectivity index is 1.45. The largest absolute Gasteiger partial charge is 0.494 e. The second kappa shape index (κ2) is 19.0. The van der Waals surface area contributed by atoms with Crippen molar-refractivity contribution in [1.82, 2.24) is 0 Å². The fourth-order valence-electron chi connectivity index (χ4n) is 3.73. The normalized spacial score (nSPS) is 10.5. The first kappa shape index (κ1) is 34.1. The van der Waals surface area contributed by atoms with Gasteiger partial charge >= 0.3 is 17.9 Å². The van der Waals surface area contributed by atoms with Gasteiger partial charge in [0.15, 0.2) is 0 Å². The van der Waals surface area contributed by atoms with E-state index in [-0.39, 0.29) is 0 Å². The van der Waals surface area contributed by atoms with E-state index in [1.54, 1.807) is 48.7 Å². The number of ether oxygens (including phenoxy) is 6. The first-order valence-electron chi connectivity index (χ1n) is 14.4. The quantitative estimate of drug-likeness (QED) is 0.0493. The van der Waals surface area contributed by atoms with Crippen molar-refractivity contribution >= 4 is 29.8 Å². The van der Waals surface area contributed by atoms with Crippen LogP contribution in [0, 0.1) is 0 Å². The maximum absolute atomic E-state index is 12.7. The van der Waals surface area contributed by atoms with Gasteiger partial charge in [0.2, 0.25) is 0 Å². The Morgan fingerprint density at radius 2 is 1.20 bits per heavy atom. The molecule has 0 aliphatic heterocycles. The van der Waals surface area contributed by atoms with Gasteiger partial charge in [-0.3, -0.25) is 4.99 Å². The molecule has 0 unspecified atom stereocenters. The summed E-state index contributed by atoms with van der Waals surface area (Å²) in [6.45, 7) is 8.30. The molecule has 0 aliphatic rings. The molecule has 3 aromatic carbocycles. The van der Waals surface area contributed by atoms with E-state index >= 15 is 0 Å². The SMILES string of the molecule is C=CC(=O)OCCCCOc1ccc(C=Nc2ccc(OC(=O)c3ccc(OCCCCOC(=O)C=C)cc3)cc2OC)cc1. The third kappa shape index (κ3) is 12.4. The Morgan fingerprint density at radius 1 is 0.689 bits per heavy atom. The molecule has 0 saturated heterocycles. The van der Waals surface area contributed by atoms with Crippen LogP contribution in [0.25, 0.3) is 0 Å². The number of nitrogens with zero attached hydrogens (tertiary/aromatic N) is 1. The minimum Gasteiger partial charge on any atom is -0.494 e. The van der Waals surface area contributed by atoms with Crippen molar-refractivity contribution in [2.75, 3.05) is 33.5 Å². The van der Waals surface area contributed by atoms with Crippen molar-refractivity contribution in [3.05, 3.63) is 103 Å². The van der Waals surface area contributed by atoms with E-state index in [2.05, 4.69) is 18.2 Å². The zero-order valence-electron chi connectivity index (χ0n) is 25.3. The molecule has 0 radical (unpaired) electrons. The third-order valence-corrected chi connectivity index (χ3v) is 6.12. The molecule has 3 rings (SSSR count). The lowest BCUT2D eigenvalue weighted by atomic mass is 10.2. The number of unbranched alkanes of at least 4 members (excludes halogenated alkanes) is 2. The molecule has 45 heavy (non-hydrogen) atoms. The van der Waals surface area contributed by atoms with Crippen molar-refractivity contribution < 1.29 is 42.8 Å². The van der Waals surface area contributed by atoms with Gasteiger partial charge in [-0.25, -0.2) is 14.4 Å². The number of rotatable bonds is 19. The van der Waals surface area contributed by atoms with Gasteiger partial charge in [0.05, 0.1) is 39.1 Å². The van der Waals surface area contributed by atoms with Gasteiger partial charge in [-0.2, -0.15) is 0 Å². The summed E-state index contributed by atoms with van der Waals surface area (Å²) in [5.74, 6) is 0.700. The molecule has 0 N–H and O–H groups in total. The van der Waals surface area contributed by atoms with Crippen LogP contribution in [0.4, 0.5) is 5.69 Å². The fraction of sp³-hybridized carbons (Fsp3) is 0.257. The van der Waals surface area contributed by atoms with Crippen LogP contribution in [0.15, 0.2) is 97.0 Å². The first-order valence-corrected chi connectivity index (χ1v) is 14.4. The van der Waals surface area contributed by atoms with E-state index in [0.29, 0.717) is 74.2 Å². The Labute approximate surface area is 262 Å². The zero-order chi connectivity index (χ0) is 32.3. The molecular formula is C35H37NO9. The average Bonchev–Trinajstić information content (AvgIpc) is 3.07. The summed E-state index contributed by atoms with van der Waals surface area (Å²) < 4.78 is 32.3. The number of hydrogen-bond acceptors (Lipinski definition) is 10. The lowest BCUT2D eigenvalue weighted by Crippen LogP contribution is -2.08. The predicted octanol–water partition coefficient (Wildman–Crippen LogP) is 6.44. The molecule has 0 atom stereocenters. The van der Waals surface area contributed by atoms with Gasteiger partial charge in [0.25, 0.3) is 0 Å². The molecule has 0 aliphatic carbocycles. The van der Waals surface area contributed by atoms with E-state index < -0.39 is 17.9 Å². The molecular weight excluding hydrogens is 578 g/mol. The summed E-state index contributed by atoms with van der Waals surface area (Å²) in [5.41, 5.74) is 1.79. The van der Waals surface area contributed by atoms with E-state index in [1.807, 2.05) is 24.3 Å². The molecule has 0 fully saturated rings. The van der Waals surface area contributed by atoms with Crippen molar-refractivity contribution in [3.63, 3.8) is 0 Å². The molecule has 0 aromatic heterocycles. The highest BCUT2D eigenvalue weighted by atomic mass is 16.5. The highest BCUT2D eigenvalue weighted by Crippen LogP contribution is 2.32. The number of benzene rings is 3. The van der Waals surface area contributed by atoms with Crippen LogP contribution in [0.5, 0.6) is 23.0 Å². The second-order valence-electron chi connectivity index (χ2n) is 9.43. The highest BCUT2D eigenvalue weighted by molar-refractivity contribution is 5.91. The van der Waals surface area contributed by atoms with Crippen LogP contribution in [0.1, 0.15) is 41.6 Å². The minimum atomic E-state index is -0.526. The zero-order valence-corrected chi connectivity index (χ0v) is 25.3. The van der Waals surface area contributed by atoms with E-state index in [1.165, 1.54) is 7.11 Å². The molecule has 236 valence electrons. The summed E-state index contributed by atoms with van der Waals surface area (Å²) in [6, 6.07) is 19.1. The fourth-order valence-corrected chi connectivity index (χ4v) is 3.73. The van der Waals surface area contributed by atoms with Gasteiger partial charge in [-0.15, -0.1) is 0 Å². The average molecular weight is 616 g/mol. The van der Waals surface area contributed by atoms with Crippen LogP contribution in [0.3, 0.4) is 0 Å². The third-order valence-electron chi connectivity index (χ3n) is 6.12. The predicted molar refractivity (Wildman–Crippen MR) is 170 cm³/mol. The number of methoxy groups -OCH3 is 1. The monoisotopic (exact) mass is 615 g/mol. The number of esters is 3. The standard InChI is InChI=1S/C35H37NO9/c1-4-33(37)43-22-8-6-20-41-28-14-10-26(11-15-28)25-36-31-19-18-30(24-32(31)40-3)45-35(39)27-12-16-29(17-13-27)42-21-7-9-23-44-34(38)5-2/h4-5,10-19,24-25H,1-2,6-9,20-23H2,3H3. The highest BCUT2D eigenvalue weighted by Gasteiger charge is 2.11. The molecule has 0 bridgehead atoms. The maximum atomic E-state index is 12.7. The van der Waals surface area contributed by atoms with Gasteiger partial charge < -0.3 is 28.4 Å². The number of aliphatic imine (C=N–C) groups is 1. The van der Waals surface area contributed by atoms with Crippen LogP contribution < -0.4 is 18.9 Å². The van der Waals surface area contributed by atoms with Crippen molar-refractivity contribution in [1.29, 1.82) is 0 Å². The van der Waals surface area contributed by atoms with E-state index in [4.69, 9.17) is 28.4 Å². The summed E-state index contributed by atoms with van der Waals surface area (Å²) >= 11 is 0. The molecule has 0 heterocycles. The van der Waals surface area contributed by atoms with Gasteiger partial charge in [-0.1, -0.05) is 13.2 Å². The molecule has 10 nitrogen and oxygen atoms in total. The smallest absolute Gasteiger partial charge is 0.343 e. The van der Waals surface area contributed by atoms with Gasteiger partial charge in [-0.05, 0) is 91.9 Å². The van der Waals surface area contributed by atoms with E-state index in [9.17, 15) is 14.4 Å². The Morgan fingerprint density at radius 3 is 1.73 bits per heavy atom. The summed E-state index contributed by atoms with van der Waals surface area (Å²) in [5, 5.41) is 0. The Bertz CT molecular complexity index is 1450. The Kier molecular flexibility index (Phi) is 14.4. The van der Waals surface area contributed by atoms with Crippen LogP contribution in [-0.2, 0) is 19.1 Å². The second-order valence-corrected chi connectivity index (χ2v) is 9.43. The van der Waals surface area contributed by atoms with E-state index in [0.717, 1.165) is 29.9 Å². The Hall–Kier alpha value is -5.38. The lowest BCUT2D eigenvalue weighted by Gasteiger charge is -2.10. The molecule has 0 saturated carbocycles. The minimum absolute atomic E-state index is 0.308. The molecule has 10 heteroatoms. The number of carbonyl (C=O) groups excluding carboxylic acids is 3. The molecule has 0 spiro atoms. The summed E-state index contributed by atoms with van der Waals surface area (Å²) in [4.78, 5) is 39.3. The summed E-state index contributed by atoms with van der Waals surface area (Å²) in [6.07, 6.45) is 6.80. The maximum Gasteiger partial charge on any atom is 0.343 e. The number of carbonyl (C=O) groups is 3. The molecule has 3 aromatic rings. The van der Waals surface area contributed by atoms with Crippen LogP contribution in [-0.4, -0.2) is 57.7 Å². The van der Waals surface area contributed by atoms with Crippen molar-refractivity contribution in [2.45, 2.75) is 25.7 Å².